The second-order valence-electron chi connectivity index (χ2n) is 6.24. The molecule has 1 aromatic heterocycles. The minimum absolute atomic E-state index is 0.128. The predicted molar refractivity (Wildman–Crippen MR) is 122 cm³/mol. The first kappa shape index (κ1) is 22.7. The summed E-state index contributed by atoms with van der Waals surface area (Å²) >= 11 is 19.3. The second-order valence-corrected chi connectivity index (χ2v) is 8.41. The molecule has 0 aliphatic heterocycles. The maximum Gasteiger partial charge on any atom is 0.234 e. The van der Waals surface area contributed by atoms with Gasteiger partial charge in [-0.25, -0.2) is 0 Å². The fourth-order valence-corrected chi connectivity index (χ4v) is 4.10. The largest absolute Gasteiger partial charge is 0.483 e. The van der Waals surface area contributed by atoms with Gasteiger partial charge in [-0.05, 0) is 38.1 Å². The van der Waals surface area contributed by atoms with Crippen LogP contribution >= 0.6 is 46.6 Å². The average molecular weight is 486 g/mol. The number of hydrogen-bond acceptors (Lipinski definition) is 5. The van der Waals surface area contributed by atoms with E-state index in [4.69, 9.17) is 39.5 Å². The van der Waals surface area contributed by atoms with Gasteiger partial charge in [0.1, 0.15) is 5.75 Å². The number of carbonyl (C=O) groups is 1. The number of amides is 1. The van der Waals surface area contributed by atoms with Crippen molar-refractivity contribution in [2.45, 2.75) is 31.7 Å². The highest BCUT2D eigenvalue weighted by atomic mass is 35.5. The van der Waals surface area contributed by atoms with E-state index in [1.54, 1.807) is 0 Å². The number of para-hydroxylation sites is 1. The standard InChI is InChI=1S/C20H19Cl3N4O2S/c1-3-27-19(12(2)29-13-7-5-4-6-8-13)25-26-20(27)30-11-18(28)24-17-10-15(22)14(21)9-16(17)23/h4-10,12H,3,11H2,1-2H3,(H,24,28). The summed E-state index contributed by atoms with van der Waals surface area (Å²) in [5.74, 6) is 1.32. The lowest BCUT2D eigenvalue weighted by Crippen LogP contribution is -2.15. The van der Waals surface area contributed by atoms with Crippen LogP contribution < -0.4 is 10.1 Å². The van der Waals surface area contributed by atoms with Gasteiger partial charge >= 0.3 is 0 Å². The number of ether oxygens (including phenoxy) is 1. The number of carbonyl (C=O) groups excluding carboxylic acids is 1. The van der Waals surface area contributed by atoms with Gasteiger partial charge in [0.05, 0.1) is 26.5 Å². The summed E-state index contributed by atoms with van der Waals surface area (Å²) in [5.41, 5.74) is 0.402. The van der Waals surface area contributed by atoms with Crippen molar-refractivity contribution in [3.05, 3.63) is 63.4 Å². The molecule has 0 spiro atoms. The summed E-state index contributed by atoms with van der Waals surface area (Å²) in [6.45, 7) is 4.55. The Morgan fingerprint density at radius 1 is 1.13 bits per heavy atom. The third-order valence-corrected chi connectivity index (χ3v) is 6.10. The molecule has 3 aromatic rings. The van der Waals surface area contributed by atoms with Gasteiger partial charge in [0, 0.05) is 6.54 Å². The van der Waals surface area contributed by atoms with E-state index in [1.165, 1.54) is 23.9 Å². The Balaban J connectivity index is 1.64. The molecule has 0 saturated heterocycles. The summed E-state index contributed by atoms with van der Waals surface area (Å²) in [6.07, 6.45) is -0.293. The molecule has 0 bridgehead atoms. The van der Waals surface area contributed by atoms with Gasteiger partial charge in [-0.15, -0.1) is 10.2 Å². The van der Waals surface area contributed by atoms with Crippen molar-refractivity contribution in [1.29, 1.82) is 0 Å². The first-order valence-corrected chi connectivity index (χ1v) is 11.2. The van der Waals surface area contributed by atoms with Crippen LogP contribution in [-0.2, 0) is 11.3 Å². The van der Waals surface area contributed by atoms with E-state index in [9.17, 15) is 4.79 Å². The summed E-state index contributed by atoms with van der Waals surface area (Å²) < 4.78 is 7.87. The third-order valence-electron chi connectivity index (χ3n) is 4.10. The molecule has 1 unspecified atom stereocenters. The number of anilines is 1. The van der Waals surface area contributed by atoms with Crippen molar-refractivity contribution in [2.75, 3.05) is 11.1 Å². The summed E-state index contributed by atoms with van der Waals surface area (Å²) in [7, 11) is 0. The highest BCUT2D eigenvalue weighted by Gasteiger charge is 2.19. The molecule has 30 heavy (non-hydrogen) atoms. The molecule has 1 amide bonds. The molecule has 0 radical (unpaired) electrons. The molecule has 158 valence electrons. The molecule has 1 N–H and O–H groups in total. The molecule has 0 aliphatic carbocycles. The molecule has 1 heterocycles. The number of hydrogen-bond donors (Lipinski definition) is 1. The second kappa shape index (κ2) is 10.4. The molecule has 0 fully saturated rings. The number of halogens is 3. The Hall–Kier alpha value is -1.93. The van der Waals surface area contributed by atoms with E-state index >= 15 is 0 Å². The number of rotatable bonds is 8. The fraction of sp³-hybridized carbons (Fsp3) is 0.250. The Morgan fingerprint density at radius 2 is 1.83 bits per heavy atom. The third kappa shape index (κ3) is 5.60. The zero-order chi connectivity index (χ0) is 21.7. The topological polar surface area (TPSA) is 69.0 Å². The van der Waals surface area contributed by atoms with Crippen LogP contribution in [0.3, 0.4) is 0 Å². The zero-order valence-electron chi connectivity index (χ0n) is 16.2. The van der Waals surface area contributed by atoms with Crippen LogP contribution in [0.4, 0.5) is 5.69 Å². The Kier molecular flexibility index (Phi) is 7.88. The summed E-state index contributed by atoms with van der Waals surface area (Å²) in [5, 5.41) is 12.8. The lowest BCUT2D eigenvalue weighted by molar-refractivity contribution is -0.113. The van der Waals surface area contributed by atoms with Gasteiger partial charge in [0.25, 0.3) is 0 Å². The summed E-state index contributed by atoms with van der Waals surface area (Å²) in [6, 6.07) is 12.5. The first-order valence-electron chi connectivity index (χ1n) is 9.11. The van der Waals surface area contributed by atoms with E-state index < -0.39 is 0 Å². The minimum Gasteiger partial charge on any atom is -0.483 e. The monoisotopic (exact) mass is 484 g/mol. The lowest BCUT2D eigenvalue weighted by Gasteiger charge is -2.15. The van der Waals surface area contributed by atoms with Crippen molar-refractivity contribution in [2.24, 2.45) is 0 Å². The number of benzene rings is 2. The highest BCUT2D eigenvalue weighted by molar-refractivity contribution is 7.99. The van der Waals surface area contributed by atoms with E-state index in [-0.39, 0.29) is 17.8 Å². The maximum atomic E-state index is 12.4. The van der Waals surface area contributed by atoms with Gasteiger partial charge in [-0.3, -0.25) is 4.79 Å². The van der Waals surface area contributed by atoms with Crippen molar-refractivity contribution >= 4 is 58.2 Å². The van der Waals surface area contributed by atoms with E-state index in [0.29, 0.717) is 38.3 Å². The van der Waals surface area contributed by atoms with Gasteiger partial charge in [0.2, 0.25) is 5.91 Å². The first-order chi connectivity index (χ1) is 14.4. The Morgan fingerprint density at radius 3 is 2.53 bits per heavy atom. The van der Waals surface area contributed by atoms with Crippen LogP contribution in [0.25, 0.3) is 0 Å². The number of nitrogens with one attached hydrogen (secondary N) is 1. The molecule has 0 saturated carbocycles. The molecular weight excluding hydrogens is 467 g/mol. The van der Waals surface area contributed by atoms with Gasteiger partial charge in [0.15, 0.2) is 17.1 Å². The predicted octanol–water partition coefficient (Wildman–Crippen LogP) is 6.13. The summed E-state index contributed by atoms with van der Waals surface area (Å²) in [4.78, 5) is 12.4. The molecule has 6 nitrogen and oxygen atoms in total. The Labute approximate surface area is 193 Å². The highest BCUT2D eigenvalue weighted by Crippen LogP contribution is 2.32. The van der Waals surface area contributed by atoms with Crippen molar-refractivity contribution in [1.82, 2.24) is 14.8 Å². The molecule has 0 aliphatic rings. The Bertz CT molecular complexity index is 1030. The number of aromatic nitrogens is 3. The minimum atomic E-state index is -0.293. The van der Waals surface area contributed by atoms with Crippen LogP contribution in [0.15, 0.2) is 47.6 Å². The van der Waals surface area contributed by atoms with Crippen molar-refractivity contribution < 1.29 is 9.53 Å². The van der Waals surface area contributed by atoms with E-state index in [1.807, 2.05) is 48.7 Å². The number of nitrogens with zero attached hydrogens (tertiary/aromatic N) is 3. The zero-order valence-corrected chi connectivity index (χ0v) is 19.3. The van der Waals surface area contributed by atoms with Gasteiger partial charge in [-0.2, -0.15) is 0 Å². The van der Waals surface area contributed by atoms with E-state index in [0.717, 1.165) is 5.75 Å². The smallest absolute Gasteiger partial charge is 0.234 e. The molecule has 3 rings (SSSR count). The average Bonchev–Trinajstić information content (AvgIpc) is 3.14. The van der Waals surface area contributed by atoms with Crippen molar-refractivity contribution in [3.63, 3.8) is 0 Å². The lowest BCUT2D eigenvalue weighted by atomic mass is 10.3. The maximum absolute atomic E-state index is 12.4. The van der Waals surface area contributed by atoms with Crippen LogP contribution in [0.2, 0.25) is 15.1 Å². The van der Waals surface area contributed by atoms with Gasteiger partial charge < -0.3 is 14.6 Å². The SMILES string of the molecule is CCn1c(SCC(=O)Nc2cc(Cl)c(Cl)cc2Cl)nnc1C(C)Oc1ccccc1. The normalized spacial score (nSPS) is 11.9. The van der Waals surface area contributed by atoms with Crippen LogP contribution in [0.1, 0.15) is 25.8 Å². The molecule has 2 aromatic carbocycles. The van der Waals surface area contributed by atoms with Gasteiger partial charge in [-0.1, -0.05) is 64.8 Å². The van der Waals surface area contributed by atoms with Crippen LogP contribution in [0, 0.1) is 0 Å². The molecule has 10 heteroatoms. The van der Waals surface area contributed by atoms with Crippen molar-refractivity contribution in [3.8, 4) is 5.75 Å². The fourth-order valence-electron chi connectivity index (χ4n) is 2.70. The molecular formula is C20H19Cl3N4O2S. The van der Waals surface area contributed by atoms with Crippen LogP contribution in [0.5, 0.6) is 5.75 Å². The number of thioether (sulfide) groups is 1. The quantitative estimate of drug-likeness (QED) is 0.307. The van der Waals surface area contributed by atoms with E-state index in [2.05, 4.69) is 15.5 Å². The molecule has 1 atom stereocenters. The van der Waals surface area contributed by atoms with Crippen LogP contribution in [-0.4, -0.2) is 26.4 Å².